The van der Waals surface area contributed by atoms with Crippen LogP contribution in [0.5, 0.6) is 0 Å². The number of fused-ring (bicyclic) bond motifs is 2. The van der Waals surface area contributed by atoms with Crippen molar-refractivity contribution >= 4 is 33.4 Å². The third-order valence-electron chi connectivity index (χ3n) is 4.19. The summed E-state index contributed by atoms with van der Waals surface area (Å²) in [5.74, 6) is -0.781. The van der Waals surface area contributed by atoms with E-state index in [4.69, 9.17) is 0 Å². The highest BCUT2D eigenvalue weighted by Gasteiger charge is 2.19. The van der Waals surface area contributed by atoms with Crippen LogP contribution in [0.15, 0.2) is 67.0 Å². The Bertz CT molecular complexity index is 1100. The Morgan fingerprint density at radius 2 is 1.80 bits per heavy atom. The fourth-order valence-electron chi connectivity index (χ4n) is 2.99. The van der Waals surface area contributed by atoms with Gasteiger partial charge in [0.25, 0.3) is 5.91 Å². The summed E-state index contributed by atoms with van der Waals surface area (Å²) >= 11 is 0. The van der Waals surface area contributed by atoms with Crippen LogP contribution in [0.25, 0.3) is 21.8 Å². The van der Waals surface area contributed by atoms with Gasteiger partial charge < -0.3 is 4.90 Å². The van der Waals surface area contributed by atoms with Crippen LogP contribution in [0.2, 0.25) is 0 Å². The van der Waals surface area contributed by atoms with Gasteiger partial charge in [-0.05, 0) is 42.5 Å². The van der Waals surface area contributed by atoms with Gasteiger partial charge in [0.2, 0.25) is 0 Å². The van der Waals surface area contributed by atoms with Crippen molar-refractivity contribution in [3.63, 3.8) is 0 Å². The maximum Gasteiger partial charge on any atom is 0.260 e. The Hall–Kier alpha value is -3.34. The molecule has 25 heavy (non-hydrogen) atoms. The van der Waals surface area contributed by atoms with Gasteiger partial charge in [-0.1, -0.05) is 12.1 Å². The minimum absolute atomic E-state index is 0.235. The standard InChI is InChI=1S/C20H14FN3O/c1-24(18-8-2-7-17-15(18)6-4-9-22-17)20(25)16-12-14(21)11-13-5-3-10-23-19(13)16/h2-12H,1H3. The quantitative estimate of drug-likeness (QED) is 0.553. The molecule has 0 fully saturated rings. The molecule has 122 valence electrons. The number of carbonyl (C=O) groups excluding carboxylic acids is 1. The van der Waals surface area contributed by atoms with Crippen LogP contribution in [0.4, 0.5) is 10.1 Å². The summed E-state index contributed by atoms with van der Waals surface area (Å²) in [5, 5.41) is 1.45. The van der Waals surface area contributed by atoms with E-state index in [0.29, 0.717) is 16.6 Å². The summed E-state index contributed by atoms with van der Waals surface area (Å²) in [5.41, 5.74) is 2.23. The predicted octanol–water partition coefficient (Wildman–Crippen LogP) is 4.20. The number of rotatable bonds is 2. The normalized spacial score (nSPS) is 11.0. The summed E-state index contributed by atoms with van der Waals surface area (Å²) in [6, 6.07) is 15.4. The highest BCUT2D eigenvalue weighted by Crippen LogP contribution is 2.27. The number of anilines is 1. The van der Waals surface area contributed by atoms with E-state index in [2.05, 4.69) is 9.97 Å². The number of carbonyl (C=O) groups is 1. The van der Waals surface area contributed by atoms with E-state index in [1.807, 2.05) is 30.3 Å². The molecule has 0 atom stereocenters. The van der Waals surface area contributed by atoms with E-state index < -0.39 is 5.82 Å². The third-order valence-corrected chi connectivity index (χ3v) is 4.19. The Kier molecular flexibility index (Phi) is 3.61. The zero-order valence-electron chi connectivity index (χ0n) is 13.5. The number of halogens is 1. The van der Waals surface area contributed by atoms with Gasteiger partial charge >= 0.3 is 0 Å². The maximum absolute atomic E-state index is 14.0. The van der Waals surface area contributed by atoms with E-state index in [-0.39, 0.29) is 11.5 Å². The lowest BCUT2D eigenvalue weighted by atomic mass is 10.1. The van der Waals surface area contributed by atoms with Crippen LogP contribution in [-0.2, 0) is 0 Å². The third kappa shape index (κ3) is 2.59. The largest absolute Gasteiger partial charge is 0.311 e. The second kappa shape index (κ2) is 5.94. The first-order chi connectivity index (χ1) is 12.1. The molecule has 0 aliphatic rings. The topological polar surface area (TPSA) is 46.1 Å². The number of amides is 1. The van der Waals surface area contributed by atoms with E-state index in [1.54, 1.807) is 31.6 Å². The molecule has 4 rings (SSSR count). The molecule has 0 spiro atoms. The van der Waals surface area contributed by atoms with Crippen LogP contribution in [0.1, 0.15) is 10.4 Å². The minimum atomic E-state index is -0.461. The molecule has 1 amide bonds. The molecule has 5 heteroatoms. The lowest BCUT2D eigenvalue weighted by Gasteiger charge is -2.20. The van der Waals surface area contributed by atoms with E-state index in [9.17, 15) is 9.18 Å². The molecule has 0 aliphatic heterocycles. The molecule has 0 bridgehead atoms. The van der Waals surface area contributed by atoms with Crippen molar-refractivity contribution in [3.05, 3.63) is 78.4 Å². The highest BCUT2D eigenvalue weighted by atomic mass is 19.1. The van der Waals surface area contributed by atoms with Crippen molar-refractivity contribution in [3.8, 4) is 0 Å². The van der Waals surface area contributed by atoms with Crippen LogP contribution in [-0.4, -0.2) is 22.9 Å². The molecule has 0 saturated heterocycles. The van der Waals surface area contributed by atoms with E-state index >= 15 is 0 Å². The summed E-state index contributed by atoms with van der Waals surface area (Å²) in [6.45, 7) is 0. The number of pyridine rings is 2. The van der Waals surface area contributed by atoms with Crippen molar-refractivity contribution in [2.24, 2.45) is 0 Å². The Morgan fingerprint density at radius 3 is 2.68 bits per heavy atom. The first-order valence-electron chi connectivity index (χ1n) is 7.81. The fourth-order valence-corrected chi connectivity index (χ4v) is 2.99. The van der Waals surface area contributed by atoms with Gasteiger partial charge in [0.1, 0.15) is 5.82 Å². The number of hydrogen-bond donors (Lipinski definition) is 0. The molecular weight excluding hydrogens is 317 g/mol. The van der Waals surface area contributed by atoms with Gasteiger partial charge in [-0.2, -0.15) is 0 Å². The average Bonchev–Trinajstić information content (AvgIpc) is 2.65. The van der Waals surface area contributed by atoms with Crippen LogP contribution < -0.4 is 4.90 Å². The fraction of sp³-hybridized carbons (Fsp3) is 0.0500. The average molecular weight is 331 g/mol. The summed E-state index contributed by atoms with van der Waals surface area (Å²) in [6.07, 6.45) is 3.30. The van der Waals surface area contributed by atoms with Crippen molar-refractivity contribution < 1.29 is 9.18 Å². The van der Waals surface area contributed by atoms with Gasteiger partial charge in [-0.15, -0.1) is 0 Å². The van der Waals surface area contributed by atoms with Crippen molar-refractivity contribution in [1.29, 1.82) is 0 Å². The molecule has 0 radical (unpaired) electrons. The zero-order chi connectivity index (χ0) is 17.4. The summed E-state index contributed by atoms with van der Waals surface area (Å²) in [7, 11) is 1.67. The monoisotopic (exact) mass is 331 g/mol. The van der Waals surface area contributed by atoms with E-state index in [1.165, 1.54) is 17.0 Å². The Labute approximate surface area is 143 Å². The lowest BCUT2D eigenvalue weighted by molar-refractivity contribution is 0.0994. The SMILES string of the molecule is CN(C(=O)c1cc(F)cc2cccnc12)c1cccc2ncccc12. The van der Waals surface area contributed by atoms with Crippen molar-refractivity contribution in [1.82, 2.24) is 9.97 Å². The second-order valence-corrected chi connectivity index (χ2v) is 5.74. The Balaban J connectivity index is 1.86. The first kappa shape index (κ1) is 15.2. The lowest BCUT2D eigenvalue weighted by Crippen LogP contribution is -2.27. The second-order valence-electron chi connectivity index (χ2n) is 5.74. The highest BCUT2D eigenvalue weighted by molar-refractivity contribution is 6.15. The maximum atomic E-state index is 14.0. The van der Waals surface area contributed by atoms with Crippen LogP contribution in [0.3, 0.4) is 0 Å². The molecule has 2 aromatic heterocycles. The minimum Gasteiger partial charge on any atom is -0.311 e. The molecule has 0 saturated carbocycles. The number of hydrogen-bond acceptors (Lipinski definition) is 3. The zero-order valence-corrected chi connectivity index (χ0v) is 13.5. The van der Waals surface area contributed by atoms with Gasteiger partial charge in [0.05, 0.1) is 22.3 Å². The number of aromatic nitrogens is 2. The molecule has 0 aliphatic carbocycles. The summed E-state index contributed by atoms with van der Waals surface area (Å²) in [4.78, 5) is 23.1. The molecular formula is C20H14FN3O. The van der Waals surface area contributed by atoms with Crippen molar-refractivity contribution in [2.75, 3.05) is 11.9 Å². The van der Waals surface area contributed by atoms with Crippen molar-refractivity contribution in [2.45, 2.75) is 0 Å². The number of nitrogens with zero attached hydrogens (tertiary/aromatic N) is 3. The van der Waals surface area contributed by atoms with E-state index in [0.717, 1.165) is 10.9 Å². The van der Waals surface area contributed by atoms with Gasteiger partial charge in [0.15, 0.2) is 0 Å². The Morgan fingerprint density at radius 1 is 1.00 bits per heavy atom. The molecule has 0 unspecified atom stereocenters. The smallest absolute Gasteiger partial charge is 0.260 e. The summed E-state index contributed by atoms with van der Waals surface area (Å²) < 4.78 is 14.0. The van der Waals surface area contributed by atoms with Gasteiger partial charge in [0, 0.05) is 30.2 Å². The molecule has 4 nitrogen and oxygen atoms in total. The molecule has 4 aromatic rings. The molecule has 2 aromatic carbocycles. The van der Waals surface area contributed by atoms with Gasteiger partial charge in [-0.3, -0.25) is 14.8 Å². The first-order valence-corrected chi connectivity index (χ1v) is 7.81. The van der Waals surface area contributed by atoms with Crippen LogP contribution in [0, 0.1) is 5.82 Å². The van der Waals surface area contributed by atoms with Gasteiger partial charge in [-0.25, -0.2) is 4.39 Å². The molecule has 0 N–H and O–H groups in total. The number of benzene rings is 2. The predicted molar refractivity (Wildman–Crippen MR) is 96.2 cm³/mol. The molecule has 2 heterocycles. The van der Waals surface area contributed by atoms with Crippen LogP contribution >= 0.6 is 0 Å².